The first-order valence-electron chi connectivity index (χ1n) is 6.26. The lowest BCUT2D eigenvalue weighted by atomic mass is 10.1. The molecule has 0 bridgehead atoms. The Bertz CT molecular complexity index is 430. The summed E-state index contributed by atoms with van der Waals surface area (Å²) in [6, 6.07) is 6.45. The third kappa shape index (κ3) is 4.10. The molecule has 1 fully saturated rings. The third-order valence-electron chi connectivity index (χ3n) is 3.03. The van der Waals surface area contributed by atoms with Crippen molar-refractivity contribution in [2.75, 3.05) is 13.7 Å². The van der Waals surface area contributed by atoms with Gasteiger partial charge in [-0.2, -0.15) is 0 Å². The Balaban J connectivity index is 1.80. The van der Waals surface area contributed by atoms with Crippen LogP contribution in [0, 0.1) is 0 Å². The first-order valence-corrected chi connectivity index (χ1v) is 7.06. The molecular weight excluding hydrogens is 294 g/mol. The molecular formula is C14H18BrNO2. The second kappa shape index (κ2) is 6.34. The van der Waals surface area contributed by atoms with Crippen molar-refractivity contribution >= 4 is 21.7 Å². The minimum Gasteiger partial charge on any atom is -0.496 e. The number of benzene rings is 1. The highest BCUT2D eigenvalue weighted by Crippen LogP contribution is 2.25. The van der Waals surface area contributed by atoms with E-state index in [4.69, 9.17) is 4.74 Å². The van der Waals surface area contributed by atoms with Gasteiger partial charge in [-0.25, -0.2) is 0 Å². The van der Waals surface area contributed by atoms with Crippen LogP contribution in [0.3, 0.4) is 0 Å². The van der Waals surface area contributed by atoms with Crippen LogP contribution in [0.4, 0.5) is 0 Å². The number of carbonyl (C=O) groups excluding carboxylic acids is 1. The van der Waals surface area contributed by atoms with Gasteiger partial charge >= 0.3 is 0 Å². The first kappa shape index (κ1) is 13.6. The molecule has 1 aliphatic carbocycles. The highest BCUT2D eigenvalue weighted by molar-refractivity contribution is 9.10. The second-order valence-electron chi connectivity index (χ2n) is 4.66. The van der Waals surface area contributed by atoms with E-state index < -0.39 is 0 Å². The van der Waals surface area contributed by atoms with Gasteiger partial charge in [0.25, 0.3) is 0 Å². The minimum atomic E-state index is 0.278. The minimum absolute atomic E-state index is 0.278. The molecule has 0 unspecified atom stereocenters. The maximum Gasteiger partial charge on any atom is 0.138 e. The van der Waals surface area contributed by atoms with Crippen LogP contribution in [0.1, 0.15) is 24.8 Å². The first-order chi connectivity index (χ1) is 8.69. The summed E-state index contributed by atoms with van der Waals surface area (Å²) in [5.41, 5.74) is 1.03. The molecule has 0 atom stereocenters. The van der Waals surface area contributed by atoms with E-state index in [1.165, 1.54) is 12.8 Å². The number of nitrogens with one attached hydrogen (secondary N) is 1. The molecule has 2 rings (SSSR count). The Hall–Kier alpha value is -0.870. The van der Waals surface area contributed by atoms with E-state index in [1.807, 2.05) is 18.2 Å². The van der Waals surface area contributed by atoms with E-state index in [0.29, 0.717) is 18.9 Å². The van der Waals surface area contributed by atoms with E-state index in [2.05, 4.69) is 21.2 Å². The van der Waals surface area contributed by atoms with Crippen LogP contribution < -0.4 is 10.1 Å². The Morgan fingerprint density at radius 1 is 1.50 bits per heavy atom. The lowest BCUT2D eigenvalue weighted by molar-refractivity contribution is -0.118. The van der Waals surface area contributed by atoms with Gasteiger partial charge in [0.1, 0.15) is 11.5 Å². The predicted molar refractivity (Wildman–Crippen MR) is 75.0 cm³/mol. The molecule has 3 nitrogen and oxygen atoms in total. The summed E-state index contributed by atoms with van der Waals surface area (Å²) in [5.74, 6) is 1.07. The van der Waals surface area contributed by atoms with Crippen molar-refractivity contribution in [2.45, 2.75) is 31.7 Å². The number of carbonyl (C=O) groups is 1. The number of hydrogen-bond donors (Lipinski definition) is 1. The summed E-state index contributed by atoms with van der Waals surface area (Å²) in [5, 5.41) is 3.35. The molecule has 18 heavy (non-hydrogen) atoms. The molecule has 0 spiro atoms. The number of halogens is 1. The van der Waals surface area contributed by atoms with Crippen molar-refractivity contribution in [3.05, 3.63) is 28.2 Å². The highest BCUT2D eigenvalue weighted by atomic mass is 79.9. The number of ketones is 1. The summed E-state index contributed by atoms with van der Waals surface area (Å²) in [6.45, 7) is 0.806. The summed E-state index contributed by atoms with van der Waals surface area (Å²) in [7, 11) is 1.63. The standard InChI is InChI=1S/C14H18BrNO2/c1-18-14-5-2-10(9-13(14)15)8-12(17)6-7-16-11-3-4-11/h2,5,9,11,16H,3-4,6-8H2,1H3. The van der Waals surface area contributed by atoms with Gasteiger partial charge in [0.15, 0.2) is 0 Å². The molecule has 1 aromatic carbocycles. The van der Waals surface area contributed by atoms with Crippen molar-refractivity contribution in [1.82, 2.24) is 5.32 Å². The quantitative estimate of drug-likeness (QED) is 0.841. The van der Waals surface area contributed by atoms with Crippen molar-refractivity contribution < 1.29 is 9.53 Å². The monoisotopic (exact) mass is 311 g/mol. The van der Waals surface area contributed by atoms with Gasteiger partial charge in [-0.3, -0.25) is 4.79 Å². The van der Waals surface area contributed by atoms with Crippen LogP contribution in [-0.2, 0) is 11.2 Å². The van der Waals surface area contributed by atoms with Gasteiger partial charge in [0, 0.05) is 25.4 Å². The summed E-state index contributed by atoms with van der Waals surface area (Å²) >= 11 is 3.43. The van der Waals surface area contributed by atoms with E-state index in [-0.39, 0.29) is 5.78 Å². The molecule has 4 heteroatoms. The zero-order valence-corrected chi connectivity index (χ0v) is 12.1. The fourth-order valence-corrected chi connectivity index (χ4v) is 2.43. The van der Waals surface area contributed by atoms with Crippen LogP contribution in [0.25, 0.3) is 0 Å². The average molecular weight is 312 g/mol. The number of rotatable bonds is 7. The maximum atomic E-state index is 11.8. The molecule has 1 saturated carbocycles. The van der Waals surface area contributed by atoms with Crippen LogP contribution in [0.2, 0.25) is 0 Å². The molecule has 1 N–H and O–H groups in total. The van der Waals surface area contributed by atoms with Gasteiger partial charge in [-0.15, -0.1) is 0 Å². The highest BCUT2D eigenvalue weighted by Gasteiger charge is 2.20. The largest absolute Gasteiger partial charge is 0.496 e. The molecule has 0 aliphatic heterocycles. The van der Waals surface area contributed by atoms with Gasteiger partial charge < -0.3 is 10.1 Å². The predicted octanol–water partition coefficient (Wildman–Crippen LogP) is 2.71. The topological polar surface area (TPSA) is 38.3 Å². The number of hydrogen-bond acceptors (Lipinski definition) is 3. The van der Waals surface area contributed by atoms with Crippen LogP contribution >= 0.6 is 15.9 Å². The Morgan fingerprint density at radius 2 is 2.28 bits per heavy atom. The van der Waals surface area contributed by atoms with Crippen LogP contribution in [-0.4, -0.2) is 25.5 Å². The van der Waals surface area contributed by atoms with E-state index >= 15 is 0 Å². The second-order valence-corrected chi connectivity index (χ2v) is 5.52. The summed E-state index contributed by atoms with van der Waals surface area (Å²) < 4.78 is 6.06. The van der Waals surface area contributed by atoms with E-state index in [9.17, 15) is 4.79 Å². The van der Waals surface area contributed by atoms with Crippen molar-refractivity contribution in [2.24, 2.45) is 0 Å². The van der Waals surface area contributed by atoms with Crippen LogP contribution in [0.15, 0.2) is 22.7 Å². The molecule has 0 radical (unpaired) electrons. The smallest absolute Gasteiger partial charge is 0.138 e. The lowest BCUT2D eigenvalue weighted by Gasteiger charge is -2.06. The third-order valence-corrected chi connectivity index (χ3v) is 3.65. The van der Waals surface area contributed by atoms with E-state index in [0.717, 1.165) is 22.3 Å². The molecule has 1 aliphatic rings. The van der Waals surface area contributed by atoms with Crippen molar-refractivity contribution in [3.8, 4) is 5.75 Å². The van der Waals surface area contributed by atoms with E-state index in [1.54, 1.807) is 7.11 Å². The SMILES string of the molecule is COc1ccc(CC(=O)CCNC2CC2)cc1Br. The van der Waals surface area contributed by atoms with Gasteiger partial charge in [0.05, 0.1) is 11.6 Å². The van der Waals surface area contributed by atoms with Crippen LogP contribution in [0.5, 0.6) is 5.75 Å². The van der Waals surface area contributed by atoms with Gasteiger partial charge in [-0.05, 0) is 46.5 Å². The van der Waals surface area contributed by atoms with Crippen molar-refractivity contribution in [3.63, 3.8) is 0 Å². The normalized spacial score (nSPS) is 14.6. The average Bonchev–Trinajstić information content (AvgIpc) is 3.13. The maximum absolute atomic E-state index is 11.8. The zero-order valence-electron chi connectivity index (χ0n) is 10.5. The Labute approximate surface area is 116 Å². The van der Waals surface area contributed by atoms with Crippen molar-refractivity contribution in [1.29, 1.82) is 0 Å². The zero-order chi connectivity index (χ0) is 13.0. The number of Topliss-reactive ketones (excluding diaryl/α,β-unsaturated/α-hetero) is 1. The molecule has 0 amide bonds. The summed E-state index contributed by atoms with van der Waals surface area (Å²) in [6.07, 6.45) is 3.63. The summed E-state index contributed by atoms with van der Waals surface area (Å²) in [4.78, 5) is 11.8. The molecule has 98 valence electrons. The Kier molecular flexibility index (Phi) is 4.78. The molecule has 1 aromatic rings. The Morgan fingerprint density at radius 3 is 2.89 bits per heavy atom. The molecule has 0 heterocycles. The number of ether oxygens (including phenoxy) is 1. The number of methoxy groups -OCH3 is 1. The fraction of sp³-hybridized carbons (Fsp3) is 0.500. The molecule has 0 saturated heterocycles. The fourth-order valence-electron chi connectivity index (χ4n) is 1.84. The van der Waals surface area contributed by atoms with Gasteiger partial charge in [0.2, 0.25) is 0 Å². The molecule has 0 aromatic heterocycles. The van der Waals surface area contributed by atoms with Gasteiger partial charge in [-0.1, -0.05) is 6.07 Å². The lowest BCUT2D eigenvalue weighted by Crippen LogP contribution is -2.20.